The summed E-state index contributed by atoms with van der Waals surface area (Å²) in [6.45, 7) is 1.91. The summed E-state index contributed by atoms with van der Waals surface area (Å²) in [6, 6.07) is 0. The summed E-state index contributed by atoms with van der Waals surface area (Å²) in [6.07, 6.45) is -0.845. The van der Waals surface area contributed by atoms with Crippen molar-refractivity contribution in [2.45, 2.75) is 63.3 Å². The lowest BCUT2D eigenvalue weighted by atomic mass is 9.41. The molecule has 0 atom stereocenters. The molecule has 4 aliphatic rings. The van der Waals surface area contributed by atoms with Gasteiger partial charge in [0.2, 0.25) is 0 Å². The normalized spacial score (nSPS) is 30.6. The van der Waals surface area contributed by atoms with E-state index in [4.69, 9.17) is 9.47 Å². The lowest BCUT2D eigenvalue weighted by molar-refractivity contribution is -0.280. The Morgan fingerprint density at radius 1 is 1.32 bits per heavy atom. The van der Waals surface area contributed by atoms with E-state index in [1.165, 1.54) is 4.68 Å². The molecule has 0 aliphatic heterocycles. The fourth-order valence-corrected chi connectivity index (χ4v) is 4.52. The second-order valence-corrected chi connectivity index (χ2v) is 7.68. The second-order valence-electron chi connectivity index (χ2n) is 7.68. The van der Waals surface area contributed by atoms with Gasteiger partial charge in [-0.15, -0.1) is 0 Å². The van der Waals surface area contributed by atoms with Crippen molar-refractivity contribution in [2.24, 2.45) is 5.41 Å². The Morgan fingerprint density at radius 2 is 1.96 bits per heavy atom. The van der Waals surface area contributed by atoms with Gasteiger partial charge in [0.15, 0.2) is 5.69 Å². The standard InChI is InChI=1S/C17H21F3N2O3/c1-3-25-14(23)13-11(17(18,19)20)12(10-4-5-10)21-22(13)9-15-6-16(7-15,8-15)24-2/h10H,3-9H2,1-2H3. The Balaban J connectivity index is 1.71. The molecule has 2 bridgehead atoms. The predicted octanol–water partition coefficient (Wildman–Crippen LogP) is 3.53. The second kappa shape index (κ2) is 5.22. The van der Waals surface area contributed by atoms with Gasteiger partial charge < -0.3 is 9.47 Å². The van der Waals surface area contributed by atoms with Crippen molar-refractivity contribution >= 4 is 5.97 Å². The number of rotatable bonds is 6. The van der Waals surface area contributed by atoms with Crippen LogP contribution in [0.1, 0.15) is 66.7 Å². The highest BCUT2D eigenvalue weighted by Crippen LogP contribution is 2.69. The molecule has 0 radical (unpaired) electrons. The molecule has 25 heavy (non-hydrogen) atoms. The van der Waals surface area contributed by atoms with Crippen LogP contribution >= 0.6 is 0 Å². The van der Waals surface area contributed by atoms with E-state index in [2.05, 4.69) is 5.10 Å². The lowest BCUT2D eigenvalue weighted by Gasteiger charge is -2.69. The van der Waals surface area contributed by atoms with Gasteiger partial charge in [-0.1, -0.05) is 0 Å². The summed E-state index contributed by atoms with van der Waals surface area (Å²) in [5.74, 6) is -1.15. The van der Waals surface area contributed by atoms with E-state index in [-0.39, 0.29) is 29.2 Å². The van der Waals surface area contributed by atoms with Gasteiger partial charge in [0.05, 0.1) is 17.9 Å². The Labute approximate surface area is 143 Å². The van der Waals surface area contributed by atoms with Gasteiger partial charge in [-0.2, -0.15) is 18.3 Å². The molecule has 138 valence electrons. The summed E-state index contributed by atoms with van der Waals surface area (Å²) in [5, 5.41) is 4.24. The number of nitrogens with zero attached hydrogens (tertiary/aromatic N) is 2. The molecule has 0 amide bonds. The fourth-order valence-electron chi connectivity index (χ4n) is 4.52. The maximum absolute atomic E-state index is 13.7. The first-order valence-electron chi connectivity index (χ1n) is 8.63. The number of carbonyl (C=O) groups is 1. The zero-order valence-electron chi connectivity index (χ0n) is 14.3. The summed E-state index contributed by atoms with van der Waals surface area (Å²) >= 11 is 0. The predicted molar refractivity (Wildman–Crippen MR) is 81.2 cm³/mol. The van der Waals surface area contributed by atoms with Crippen LogP contribution in [0.5, 0.6) is 0 Å². The van der Waals surface area contributed by atoms with Crippen molar-refractivity contribution in [3.63, 3.8) is 0 Å². The largest absolute Gasteiger partial charge is 0.461 e. The topological polar surface area (TPSA) is 53.3 Å². The van der Waals surface area contributed by atoms with Crippen molar-refractivity contribution < 1.29 is 27.4 Å². The summed E-state index contributed by atoms with van der Waals surface area (Å²) in [5.41, 5.74) is -1.55. The Kier molecular flexibility index (Phi) is 3.52. The van der Waals surface area contributed by atoms with E-state index in [0.29, 0.717) is 19.4 Å². The van der Waals surface area contributed by atoms with Crippen LogP contribution in [0.4, 0.5) is 13.2 Å². The van der Waals surface area contributed by atoms with Gasteiger partial charge in [0.25, 0.3) is 0 Å². The van der Waals surface area contributed by atoms with Crippen LogP contribution in [-0.4, -0.2) is 35.1 Å². The van der Waals surface area contributed by atoms with Crippen molar-refractivity contribution in [1.29, 1.82) is 0 Å². The van der Waals surface area contributed by atoms with Crippen LogP contribution in [0.2, 0.25) is 0 Å². The molecule has 1 heterocycles. The van der Waals surface area contributed by atoms with Crippen molar-refractivity contribution in [3.05, 3.63) is 17.0 Å². The van der Waals surface area contributed by atoms with Crippen LogP contribution in [0.3, 0.4) is 0 Å². The summed E-state index contributed by atoms with van der Waals surface area (Å²) < 4.78 is 52.7. The number of alkyl halides is 3. The first-order valence-corrected chi connectivity index (χ1v) is 8.63. The third-order valence-corrected chi connectivity index (χ3v) is 5.71. The summed E-state index contributed by atoms with van der Waals surface area (Å²) in [4.78, 5) is 12.3. The Morgan fingerprint density at radius 3 is 2.44 bits per heavy atom. The average Bonchev–Trinajstić information content (AvgIpc) is 3.21. The zero-order chi connectivity index (χ0) is 18.0. The third-order valence-electron chi connectivity index (χ3n) is 5.71. The molecule has 4 aliphatic carbocycles. The highest BCUT2D eigenvalue weighted by Gasteiger charge is 2.68. The maximum Gasteiger partial charge on any atom is 0.420 e. The molecule has 5 nitrogen and oxygen atoms in total. The molecule has 1 aromatic heterocycles. The van der Waals surface area contributed by atoms with Crippen molar-refractivity contribution in [1.82, 2.24) is 9.78 Å². The van der Waals surface area contributed by atoms with Gasteiger partial charge >= 0.3 is 12.1 Å². The monoisotopic (exact) mass is 358 g/mol. The van der Waals surface area contributed by atoms with Crippen LogP contribution < -0.4 is 0 Å². The first-order chi connectivity index (χ1) is 11.7. The lowest BCUT2D eigenvalue weighted by Crippen LogP contribution is -2.69. The number of halogens is 3. The number of hydrogen-bond donors (Lipinski definition) is 0. The fraction of sp³-hybridized carbons (Fsp3) is 0.765. The summed E-state index contributed by atoms with van der Waals surface area (Å²) in [7, 11) is 1.66. The number of hydrogen-bond acceptors (Lipinski definition) is 4. The van der Waals surface area contributed by atoms with Crippen LogP contribution in [0.15, 0.2) is 0 Å². The van der Waals surface area contributed by atoms with E-state index < -0.39 is 23.4 Å². The van der Waals surface area contributed by atoms with Gasteiger partial charge in [-0.3, -0.25) is 4.68 Å². The molecule has 0 unspecified atom stereocenters. The highest BCUT2D eigenvalue weighted by molar-refractivity contribution is 5.90. The van der Waals surface area contributed by atoms with Crippen molar-refractivity contribution in [2.75, 3.05) is 13.7 Å². The zero-order valence-corrected chi connectivity index (χ0v) is 14.3. The number of ether oxygens (including phenoxy) is 2. The molecule has 4 saturated carbocycles. The van der Waals surface area contributed by atoms with Crippen molar-refractivity contribution in [3.8, 4) is 0 Å². The van der Waals surface area contributed by atoms with E-state index >= 15 is 0 Å². The SMILES string of the molecule is CCOC(=O)c1c(C(F)(F)F)c(C2CC2)nn1CC12CC(OC)(C1)C2. The van der Waals surface area contributed by atoms with E-state index in [1.807, 2.05) is 0 Å². The first kappa shape index (κ1) is 16.9. The van der Waals surface area contributed by atoms with E-state index in [1.54, 1.807) is 14.0 Å². The maximum atomic E-state index is 13.7. The molecule has 0 N–H and O–H groups in total. The number of carbonyl (C=O) groups excluding carboxylic acids is 1. The molecule has 1 aromatic rings. The smallest absolute Gasteiger partial charge is 0.420 e. The molecular weight excluding hydrogens is 337 g/mol. The minimum absolute atomic E-state index is 0.00334. The molecular formula is C17H21F3N2O3. The van der Waals surface area contributed by atoms with Gasteiger partial charge in [0, 0.05) is 19.6 Å². The quantitative estimate of drug-likeness (QED) is 0.730. The Hall–Kier alpha value is -1.57. The molecule has 0 aromatic carbocycles. The van der Waals surface area contributed by atoms with Crippen LogP contribution in [0.25, 0.3) is 0 Å². The van der Waals surface area contributed by atoms with Gasteiger partial charge in [0.1, 0.15) is 5.56 Å². The minimum Gasteiger partial charge on any atom is -0.461 e. The number of aromatic nitrogens is 2. The highest BCUT2D eigenvalue weighted by atomic mass is 19.4. The molecule has 8 heteroatoms. The average molecular weight is 358 g/mol. The van der Waals surface area contributed by atoms with Gasteiger partial charge in [-0.25, -0.2) is 4.79 Å². The molecule has 5 rings (SSSR count). The van der Waals surface area contributed by atoms with E-state index in [0.717, 1.165) is 19.3 Å². The molecule has 4 fully saturated rings. The number of methoxy groups -OCH3 is 1. The molecule has 0 saturated heterocycles. The Bertz CT molecular complexity index is 702. The van der Waals surface area contributed by atoms with Crippen LogP contribution in [0, 0.1) is 5.41 Å². The van der Waals surface area contributed by atoms with Crippen LogP contribution in [-0.2, 0) is 22.2 Å². The van der Waals surface area contributed by atoms with E-state index in [9.17, 15) is 18.0 Å². The third kappa shape index (κ3) is 2.56. The molecule has 0 spiro atoms. The van der Waals surface area contributed by atoms with Gasteiger partial charge in [-0.05, 0) is 44.4 Å². The minimum atomic E-state index is -4.62. The number of esters is 1.